The molecule has 9 nitrogen and oxygen atoms in total. The molecule has 3 heterocycles. The van der Waals surface area contributed by atoms with Crippen molar-refractivity contribution in [2.75, 3.05) is 38.7 Å². The molecule has 3 aromatic rings. The van der Waals surface area contributed by atoms with Gasteiger partial charge in [-0.3, -0.25) is 9.79 Å². The van der Waals surface area contributed by atoms with Gasteiger partial charge in [0.25, 0.3) is 5.91 Å². The van der Waals surface area contributed by atoms with E-state index >= 15 is 0 Å². The van der Waals surface area contributed by atoms with E-state index < -0.39 is 0 Å². The Morgan fingerprint density at radius 1 is 1.27 bits per heavy atom. The molecule has 0 atom stereocenters. The SMILES string of the molecule is CCN(CCOC)C(=O)c1ccc(Nc2ncc(C3=CCN=C3)n3ncnc23)cc1. The molecule has 30 heavy (non-hydrogen) atoms. The first kappa shape index (κ1) is 19.7. The van der Waals surface area contributed by atoms with Crippen molar-refractivity contribution in [3.63, 3.8) is 0 Å². The third-order valence-electron chi connectivity index (χ3n) is 4.88. The Balaban J connectivity index is 1.53. The van der Waals surface area contributed by atoms with Gasteiger partial charge < -0.3 is 15.0 Å². The zero-order valence-corrected chi connectivity index (χ0v) is 16.9. The number of amides is 1. The molecule has 4 rings (SSSR count). The molecule has 1 aliphatic heterocycles. The highest BCUT2D eigenvalue weighted by atomic mass is 16.5. The number of hydrogen-bond acceptors (Lipinski definition) is 7. The highest BCUT2D eigenvalue weighted by Gasteiger charge is 2.15. The van der Waals surface area contributed by atoms with Crippen LogP contribution in [0.3, 0.4) is 0 Å². The number of ether oxygens (including phenoxy) is 1. The molecule has 1 amide bonds. The number of nitrogens with zero attached hydrogens (tertiary/aromatic N) is 6. The van der Waals surface area contributed by atoms with E-state index in [1.165, 1.54) is 6.33 Å². The maximum atomic E-state index is 12.7. The molecule has 0 unspecified atom stereocenters. The van der Waals surface area contributed by atoms with Crippen molar-refractivity contribution in [2.45, 2.75) is 6.92 Å². The van der Waals surface area contributed by atoms with Gasteiger partial charge in [0.1, 0.15) is 6.33 Å². The van der Waals surface area contributed by atoms with E-state index in [-0.39, 0.29) is 5.91 Å². The van der Waals surface area contributed by atoms with Gasteiger partial charge in [-0.05, 0) is 31.2 Å². The monoisotopic (exact) mass is 405 g/mol. The van der Waals surface area contributed by atoms with Crippen LogP contribution in [0.4, 0.5) is 11.5 Å². The number of rotatable bonds is 8. The standard InChI is InChI=1S/C21H23N7O2/c1-3-27(10-11-30-2)21(29)15-4-6-17(7-5-15)26-19-20-24-14-25-28(20)18(13-23-19)16-8-9-22-12-16/h4-8,12-14H,3,9-11H2,1-2H3,(H,23,26). The van der Waals surface area contributed by atoms with Crippen LogP contribution in [-0.2, 0) is 4.74 Å². The van der Waals surface area contributed by atoms with Crippen molar-refractivity contribution in [1.29, 1.82) is 0 Å². The van der Waals surface area contributed by atoms with E-state index in [0.717, 1.165) is 17.0 Å². The van der Waals surface area contributed by atoms with E-state index in [1.54, 1.807) is 34.9 Å². The fourth-order valence-electron chi connectivity index (χ4n) is 3.25. The highest BCUT2D eigenvalue weighted by Crippen LogP contribution is 2.23. The Hall–Kier alpha value is -3.59. The lowest BCUT2D eigenvalue weighted by Gasteiger charge is -2.20. The molecule has 1 aromatic carbocycles. The topological polar surface area (TPSA) is 97.0 Å². The van der Waals surface area contributed by atoms with E-state index in [2.05, 4.69) is 25.4 Å². The number of anilines is 2. The van der Waals surface area contributed by atoms with E-state index in [4.69, 9.17) is 4.74 Å². The molecule has 0 radical (unpaired) electrons. The predicted molar refractivity (Wildman–Crippen MR) is 115 cm³/mol. The lowest BCUT2D eigenvalue weighted by atomic mass is 10.1. The summed E-state index contributed by atoms with van der Waals surface area (Å²) in [6.45, 7) is 4.32. The second kappa shape index (κ2) is 8.83. The van der Waals surface area contributed by atoms with Crippen LogP contribution < -0.4 is 5.32 Å². The zero-order chi connectivity index (χ0) is 20.9. The Labute approximate surface area is 174 Å². The summed E-state index contributed by atoms with van der Waals surface area (Å²) < 4.78 is 6.82. The first-order valence-corrected chi connectivity index (χ1v) is 9.75. The number of carbonyl (C=O) groups is 1. The number of allylic oxidation sites excluding steroid dienone is 1. The number of benzene rings is 1. The molecule has 0 bridgehead atoms. The summed E-state index contributed by atoms with van der Waals surface area (Å²) in [7, 11) is 1.63. The average molecular weight is 405 g/mol. The molecule has 9 heteroatoms. The van der Waals surface area contributed by atoms with Gasteiger partial charge in [-0.25, -0.2) is 14.5 Å². The molecule has 1 aliphatic rings. The summed E-state index contributed by atoms with van der Waals surface area (Å²) >= 11 is 0. The molecule has 2 aromatic heterocycles. The summed E-state index contributed by atoms with van der Waals surface area (Å²) in [5.74, 6) is 0.566. The molecule has 154 valence electrons. The van der Waals surface area contributed by atoms with Crippen LogP contribution in [-0.4, -0.2) is 70.0 Å². The average Bonchev–Trinajstić information content (AvgIpc) is 3.47. The number of fused-ring (bicyclic) bond motifs is 1. The van der Waals surface area contributed by atoms with Crippen molar-refractivity contribution in [1.82, 2.24) is 24.5 Å². The highest BCUT2D eigenvalue weighted by molar-refractivity contribution is 6.11. The molecule has 0 saturated heterocycles. The number of nitrogens with one attached hydrogen (secondary N) is 1. The number of hydrogen-bond donors (Lipinski definition) is 1. The van der Waals surface area contributed by atoms with Crippen molar-refractivity contribution in [3.8, 4) is 0 Å². The summed E-state index contributed by atoms with van der Waals surface area (Å²) in [4.78, 5) is 27.5. The minimum atomic E-state index is -0.0186. The fourth-order valence-corrected chi connectivity index (χ4v) is 3.25. The first-order chi connectivity index (χ1) is 14.7. The Bertz CT molecular complexity index is 1100. The van der Waals surface area contributed by atoms with Gasteiger partial charge in [-0.15, -0.1) is 0 Å². The van der Waals surface area contributed by atoms with E-state index in [9.17, 15) is 4.79 Å². The van der Waals surface area contributed by atoms with Gasteiger partial charge in [0.05, 0.1) is 25.0 Å². The van der Waals surface area contributed by atoms with Crippen LogP contribution in [0.2, 0.25) is 0 Å². The third kappa shape index (κ3) is 3.92. The summed E-state index contributed by atoms with van der Waals surface area (Å²) in [5.41, 5.74) is 3.86. The quantitative estimate of drug-likeness (QED) is 0.618. The molecule has 0 fully saturated rings. The maximum absolute atomic E-state index is 12.7. The van der Waals surface area contributed by atoms with Crippen LogP contribution in [0.25, 0.3) is 11.2 Å². The Morgan fingerprint density at radius 3 is 2.80 bits per heavy atom. The van der Waals surface area contributed by atoms with Crippen LogP contribution >= 0.6 is 0 Å². The van der Waals surface area contributed by atoms with Gasteiger partial charge >= 0.3 is 0 Å². The van der Waals surface area contributed by atoms with Crippen molar-refractivity contribution in [3.05, 3.63) is 54.1 Å². The van der Waals surface area contributed by atoms with Crippen molar-refractivity contribution in [2.24, 2.45) is 4.99 Å². The van der Waals surface area contributed by atoms with Crippen LogP contribution in [0.15, 0.2) is 47.9 Å². The summed E-state index contributed by atoms with van der Waals surface area (Å²) in [6, 6.07) is 7.31. The van der Waals surface area contributed by atoms with Crippen LogP contribution in [0, 0.1) is 0 Å². The fraction of sp³-hybridized carbons (Fsp3) is 0.286. The normalized spacial score (nSPS) is 12.9. The first-order valence-electron chi connectivity index (χ1n) is 9.75. The smallest absolute Gasteiger partial charge is 0.253 e. The predicted octanol–water partition coefficient (Wildman–Crippen LogP) is 2.44. The Morgan fingerprint density at radius 2 is 2.10 bits per heavy atom. The van der Waals surface area contributed by atoms with Gasteiger partial charge in [0.15, 0.2) is 11.5 Å². The van der Waals surface area contributed by atoms with E-state index in [0.29, 0.717) is 43.3 Å². The largest absolute Gasteiger partial charge is 0.383 e. The minimum Gasteiger partial charge on any atom is -0.383 e. The molecule has 0 aliphatic carbocycles. The third-order valence-corrected chi connectivity index (χ3v) is 4.88. The van der Waals surface area contributed by atoms with Gasteiger partial charge in [0.2, 0.25) is 0 Å². The number of carbonyl (C=O) groups excluding carboxylic acids is 1. The van der Waals surface area contributed by atoms with Gasteiger partial charge in [-0.2, -0.15) is 5.10 Å². The van der Waals surface area contributed by atoms with Crippen molar-refractivity contribution < 1.29 is 9.53 Å². The second-order valence-electron chi connectivity index (χ2n) is 6.72. The lowest BCUT2D eigenvalue weighted by molar-refractivity contribution is 0.0706. The number of likely N-dealkylation sites (N-methyl/N-ethyl adjacent to an activating group) is 1. The molecular formula is C21H23N7O2. The lowest BCUT2D eigenvalue weighted by Crippen LogP contribution is -2.33. The number of aromatic nitrogens is 4. The number of methoxy groups -OCH3 is 1. The maximum Gasteiger partial charge on any atom is 0.253 e. The van der Waals surface area contributed by atoms with Crippen LogP contribution in [0.1, 0.15) is 23.0 Å². The number of aliphatic imine (C=N–C) groups is 1. The second-order valence-corrected chi connectivity index (χ2v) is 6.72. The molecule has 0 saturated carbocycles. The molecule has 1 N–H and O–H groups in total. The molecule has 0 spiro atoms. The van der Waals surface area contributed by atoms with Gasteiger partial charge in [0, 0.05) is 43.2 Å². The van der Waals surface area contributed by atoms with Crippen molar-refractivity contribution >= 4 is 34.8 Å². The van der Waals surface area contributed by atoms with E-state index in [1.807, 2.05) is 31.3 Å². The summed E-state index contributed by atoms with van der Waals surface area (Å²) in [6.07, 6.45) is 7.08. The minimum absolute atomic E-state index is 0.0186. The zero-order valence-electron chi connectivity index (χ0n) is 16.9. The van der Waals surface area contributed by atoms with Gasteiger partial charge in [-0.1, -0.05) is 6.08 Å². The summed E-state index contributed by atoms with van der Waals surface area (Å²) in [5, 5.41) is 7.58. The molecular weight excluding hydrogens is 382 g/mol. The van der Waals surface area contributed by atoms with Crippen LogP contribution in [0.5, 0.6) is 0 Å². The Kier molecular flexibility index (Phi) is 5.80.